The monoisotopic (exact) mass is 405 g/mol. The molecule has 1 aromatic heterocycles. The molecule has 0 saturated heterocycles. The number of aryl methyl sites for hydroxylation is 1. The largest absolute Gasteiger partial charge is 0.486 e. The topological polar surface area (TPSA) is 56.2 Å². The summed E-state index contributed by atoms with van der Waals surface area (Å²) in [7, 11) is 0. The minimum absolute atomic E-state index is 0.125. The van der Waals surface area contributed by atoms with E-state index in [2.05, 4.69) is 10.3 Å². The number of fused-ring (bicyclic) bond motifs is 1. The van der Waals surface area contributed by atoms with Crippen LogP contribution in [0.5, 0.6) is 5.75 Å². The van der Waals surface area contributed by atoms with E-state index >= 15 is 0 Å². The highest BCUT2D eigenvalue weighted by atomic mass is 35.5. The van der Waals surface area contributed by atoms with Crippen molar-refractivity contribution in [3.63, 3.8) is 0 Å². The van der Waals surface area contributed by atoms with Gasteiger partial charge in [-0.05, 0) is 48.9 Å². The first-order valence-electron chi connectivity index (χ1n) is 9.28. The number of ether oxygens (including phenoxy) is 1. The predicted octanol–water partition coefficient (Wildman–Crippen LogP) is 5.22. The van der Waals surface area contributed by atoms with Crippen molar-refractivity contribution >= 4 is 34.2 Å². The molecular weight excluding hydrogens is 386 g/mol. The summed E-state index contributed by atoms with van der Waals surface area (Å²) in [5.74, 6) is 1.29. The summed E-state index contributed by atoms with van der Waals surface area (Å²) in [5, 5.41) is 3.52. The van der Waals surface area contributed by atoms with Crippen LogP contribution in [0.4, 0.5) is 5.69 Å². The van der Waals surface area contributed by atoms with Gasteiger partial charge in [0.1, 0.15) is 24.7 Å². The third kappa shape index (κ3) is 4.41. The average molecular weight is 406 g/mol. The van der Waals surface area contributed by atoms with Gasteiger partial charge in [0.2, 0.25) is 5.91 Å². The van der Waals surface area contributed by atoms with Gasteiger partial charge >= 0.3 is 0 Å². The highest BCUT2D eigenvalue weighted by Crippen LogP contribution is 2.22. The Morgan fingerprint density at radius 2 is 1.83 bits per heavy atom. The molecule has 29 heavy (non-hydrogen) atoms. The number of nitrogens with zero attached hydrogens (tertiary/aromatic N) is 2. The molecule has 0 unspecified atom stereocenters. The van der Waals surface area contributed by atoms with E-state index in [1.807, 2.05) is 72.2 Å². The number of para-hydroxylation sites is 3. The van der Waals surface area contributed by atoms with Gasteiger partial charge in [-0.3, -0.25) is 4.79 Å². The molecule has 0 aliphatic carbocycles. The minimum atomic E-state index is -0.153. The zero-order valence-electron chi connectivity index (χ0n) is 15.9. The van der Waals surface area contributed by atoms with Gasteiger partial charge < -0.3 is 14.6 Å². The molecule has 0 aliphatic heterocycles. The van der Waals surface area contributed by atoms with Gasteiger partial charge in [0.25, 0.3) is 0 Å². The summed E-state index contributed by atoms with van der Waals surface area (Å²) in [6.45, 7) is 2.32. The van der Waals surface area contributed by atoms with Crippen molar-refractivity contribution in [3.8, 4) is 5.75 Å². The normalized spacial score (nSPS) is 10.8. The van der Waals surface area contributed by atoms with Crippen LogP contribution in [0.2, 0.25) is 5.02 Å². The van der Waals surface area contributed by atoms with E-state index in [0.29, 0.717) is 16.5 Å². The number of hydrogen-bond donors (Lipinski definition) is 1. The lowest BCUT2D eigenvalue weighted by atomic mass is 10.2. The zero-order chi connectivity index (χ0) is 20.2. The molecule has 1 heterocycles. The smallest absolute Gasteiger partial charge is 0.244 e. The molecule has 0 radical (unpaired) electrons. The first kappa shape index (κ1) is 19.0. The van der Waals surface area contributed by atoms with Crippen LogP contribution in [0, 0.1) is 6.92 Å². The number of imidazole rings is 1. The van der Waals surface area contributed by atoms with Gasteiger partial charge in [-0.15, -0.1) is 0 Å². The number of carbonyl (C=O) groups is 1. The molecule has 3 aromatic carbocycles. The van der Waals surface area contributed by atoms with Crippen LogP contribution >= 0.6 is 11.6 Å². The van der Waals surface area contributed by atoms with Crippen molar-refractivity contribution in [2.45, 2.75) is 20.1 Å². The number of rotatable bonds is 6. The number of carbonyl (C=O) groups excluding carboxylic acids is 1. The molecule has 0 aliphatic rings. The van der Waals surface area contributed by atoms with Gasteiger partial charge in [0.15, 0.2) is 0 Å². The molecule has 5 nitrogen and oxygen atoms in total. The molecule has 0 saturated carbocycles. The Morgan fingerprint density at radius 1 is 1.07 bits per heavy atom. The maximum Gasteiger partial charge on any atom is 0.244 e. The molecular formula is C23H20ClN3O2. The molecule has 0 atom stereocenters. The molecule has 0 fully saturated rings. The van der Waals surface area contributed by atoms with Crippen LogP contribution in [-0.4, -0.2) is 15.5 Å². The Labute approximate surface area is 173 Å². The van der Waals surface area contributed by atoms with Crippen molar-refractivity contribution < 1.29 is 9.53 Å². The third-order valence-corrected chi connectivity index (χ3v) is 4.86. The van der Waals surface area contributed by atoms with Crippen LogP contribution in [0.25, 0.3) is 11.0 Å². The van der Waals surface area contributed by atoms with Gasteiger partial charge in [-0.2, -0.15) is 0 Å². The fraction of sp³-hybridized carbons (Fsp3) is 0.130. The summed E-state index contributed by atoms with van der Waals surface area (Å²) in [6, 6.07) is 22.7. The van der Waals surface area contributed by atoms with Crippen molar-refractivity contribution in [2.75, 3.05) is 5.32 Å². The first-order chi connectivity index (χ1) is 14.1. The average Bonchev–Trinajstić information content (AvgIpc) is 3.07. The van der Waals surface area contributed by atoms with Crippen LogP contribution in [-0.2, 0) is 17.9 Å². The molecule has 4 aromatic rings. The van der Waals surface area contributed by atoms with E-state index in [1.165, 1.54) is 0 Å². The Bertz CT molecular complexity index is 1160. The number of amides is 1. The molecule has 146 valence electrons. The number of hydrogen-bond acceptors (Lipinski definition) is 3. The van der Waals surface area contributed by atoms with Gasteiger partial charge in [-0.1, -0.05) is 48.0 Å². The van der Waals surface area contributed by atoms with E-state index in [9.17, 15) is 4.79 Å². The maximum absolute atomic E-state index is 12.8. The number of halogens is 1. The van der Waals surface area contributed by atoms with Crippen LogP contribution < -0.4 is 10.1 Å². The van der Waals surface area contributed by atoms with E-state index in [4.69, 9.17) is 16.3 Å². The fourth-order valence-corrected chi connectivity index (χ4v) is 3.31. The van der Waals surface area contributed by atoms with Crippen LogP contribution in [0.3, 0.4) is 0 Å². The second-order valence-corrected chi connectivity index (χ2v) is 7.15. The SMILES string of the molecule is Cc1ccc(Cl)cc1NC(=O)Cn1c(COc2ccccc2)nc2ccccc21. The summed E-state index contributed by atoms with van der Waals surface area (Å²) in [4.78, 5) is 17.4. The molecule has 1 N–H and O–H groups in total. The van der Waals surface area contributed by atoms with E-state index < -0.39 is 0 Å². The summed E-state index contributed by atoms with van der Waals surface area (Å²) in [6.07, 6.45) is 0. The lowest BCUT2D eigenvalue weighted by Gasteiger charge is -2.12. The fourth-order valence-electron chi connectivity index (χ4n) is 3.14. The quantitative estimate of drug-likeness (QED) is 0.478. The second kappa shape index (κ2) is 8.37. The van der Waals surface area contributed by atoms with E-state index in [0.717, 1.165) is 22.3 Å². The highest BCUT2D eigenvalue weighted by molar-refractivity contribution is 6.31. The van der Waals surface area contributed by atoms with Crippen molar-refractivity contribution in [1.82, 2.24) is 9.55 Å². The highest BCUT2D eigenvalue weighted by Gasteiger charge is 2.15. The Kier molecular flexibility index (Phi) is 5.49. The van der Waals surface area contributed by atoms with Crippen LogP contribution in [0.1, 0.15) is 11.4 Å². The van der Waals surface area contributed by atoms with Gasteiger partial charge in [0.05, 0.1) is 11.0 Å². The van der Waals surface area contributed by atoms with E-state index in [-0.39, 0.29) is 19.1 Å². The summed E-state index contributed by atoms with van der Waals surface area (Å²) < 4.78 is 7.75. The Morgan fingerprint density at radius 3 is 2.66 bits per heavy atom. The van der Waals surface area contributed by atoms with Crippen molar-refractivity contribution in [3.05, 3.63) is 89.2 Å². The van der Waals surface area contributed by atoms with Gasteiger partial charge in [0, 0.05) is 10.7 Å². The minimum Gasteiger partial charge on any atom is -0.486 e. The van der Waals surface area contributed by atoms with E-state index in [1.54, 1.807) is 12.1 Å². The standard InChI is InChI=1S/C23H20ClN3O2/c1-16-11-12-17(24)13-20(16)26-23(28)14-27-21-10-6-5-9-19(21)25-22(27)15-29-18-7-3-2-4-8-18/h2-13H,14-15H2,1H3,(H,26,28). The summed E-state index contributed by atoms with van der Waals surface area (Å²) >= 11 is 6.06. The van der Waals surface area contributed by atoms with Gasteiger partial charge in [-0.25, -0.2) is 4.98 Å². The second-order valence-electron chi connectivity index (χ2n) is 6.71. The molecule has 0 spiro atoms. The number of nitrogens with one attached hydrogen (secondary N) is 1. The van der Waals surface area contributed by atoms with Crippen LogP contribution in [0.15, 0.2) is 72.8 Å². The number of anilines is 1. The zero-order valence-corrected chi connectivity index (χ0v) is 16.7. The maximum atomic E-state index is 12.8. The number of aromatic nitrogens is 2. The van der Waals surface area contributed by atoms with Crippen molar-refractivity contribution in [1.29, 1.82) is 0 Å². The Hall–Kier alpha value is -3.31. The molecule has 1 amide bonds. The molecule has 6 heteroatoms. The predicted molar refractivity (Wildman–Crippen MR) is 115 cm³/mol. The summed E-state index contributed by atoms with van der Waals surface area (Å²) in [5.41, 5.74) is 3.36. The lowest BCUT2D eigenvalue weighted by Crippen LogP contribution is -2.21. The lowest BCUT2D eigenvalue weighted by molar-refractivity contribution is -0.116. The molecule has 4 rings (SSSR count). The first-order valence-corrected chi connectivity index (χ1v) is 9.66. The number of benzene rings is 3. The molecule has 0 bridgehead atoms. The Balaban J connectivity index is 1.58. The van der Waals surface area contributed by atoms with Crippen molar-refractivity contribution in [2.24, 2.45) is 0 Å². The third-order valence-electron chi connectivity index (χ3n) is 4.62.